The number of phenols is 1. The summed E-state index contributed by atoms with van der Waals surface area (Å²) in [6, 6.07) is 7.01. The molecule has 0 heterocycles. The molecule has 0 saturated heterocycles. The van der Waals surface area contributed by atoms with Crippen molar-refractivity contribution in [2.24, 2.45) is 0 Å². The van der Waals surface area contributed by atoms with E-state index in [2.05, 4.69) is 17.9 Å². The van der Waals surface area contributed by atoms with E-state index in [4.69, 9.17) is 5.11 Å². The van der Waals surface area contributed by atoms with Crippen LogP contribution >= 0.6 is 12.6 Å². The highest BCUT2D eigenvalue weighted by atomic mass is 32.1. The van der Waals surface area contributed by atoms with Gasteiger partial charge in [0.05, 0.1) is 0 Å². The number of anilines is 1. The number of nitrogens with one attached hydrogen (secondary N) is 1. The molecule has 13 heavy (non-hydrogen) atoms. The molecular formula is C10H15NOS. The van der Waals surface area contributed by atoms with Gasteiger partial charge < -0.3 is 10.4 Å². The van der Waals surface area contributed by atoms with Crippen molar-refractivity contribution in [1.82, 2.24) is 0 Å². The minimum atomic E-state index is -0.0299. The van der Waals surface area contributed by atoms with E-state index in [1.807, 2.05) is 26.0 Å². The van der Waals surface area contributed by atoms with Crippen LogP contribution in [0.25, 0.3) is 0 Å². The maximum atomic E-state index is 9.04. The summed E-state index contributed by atoms with van der Waals surface area (Å²) in [6.07, 6.45) is 0. The molecule has 0 radical (unpaired) electrons. The number of thiol groups is 1. The van der Waals surface area contributed by atoms with Crippen LogP contribution in [0.2, 0.25) is 0 Å². The van der Waals surface area contributed by atoms with Crippen LogP contribution in [-0.4, -0.2) is 16.4 Å². The third-order valence-corrected chi connectivity index (χ3v) is 1.75. The van der Waals surface area contributed by atoms with Crippen molar-refractivity contribution in [1.29, 1.82) is 0 Å². The van der Waals surface area contributed by atoms with Crippen LogP contribution in [0.4, 0.5) is 5.69 Å². The molecule has 0 aromatic heterocycles. The molecule has 0 aliphatic carbocycles. The van der Waals surface area contributed by atoms with Crippen molar-refractivity contribution in [3.63, 3.8) is 0 Å². The summed E-state index contributed by atoms with van der Waals surface area (Å²) in [4.78, 5) is 0. The molecule has 1 aromatic rings. The Morgan fingerprint density at radius 2 is 1.85 bits per heavy atom. The average Bonchev–Trinajstić information content (AvgIpc) is 2.02. The summed E-state index contributed by atoms with van der Waals surface area (Å²) in [6.45, 7) is 4.88. The first-order valence-electron chi connectivity index (χ1n) is 4.23. The maximum absolute atomic E-state index is 9.04. The minimum absolute atomic E-state index is 0.0299. The smallest absolute Gasteiger partial charge is 0.115 e. The van der Waals surface area contributed by atoms with Crippen LogP contribution in [0, 0.1) is 0 Å². The highest BCUT2D eigenvalue weighted by Crippen LogP contribution is 2.16. The second-order valence-electron chi connectivity index (χ2n) is 3.71. The number of aromatic hydroxyl groups is 1. The second kappa shape index (κ2) is 3.92. The third kappa shape index (κ3) is 4.08. The van der Waals surface area contributed by atoms with Gasteiger partial charge >= 0.3 is 0 Å². The summed E-state index contributed by atoms with van der Waals surface area (Å²) in [5.74, 6) is 0.288. The molecule has 2 nitrogen and oxygen atoms in total. The van der Waals surface area contributed by atoms with Crippen LogP contribution in [0.3, 0.4) is 0 Å². The summed E-state index contributed by atoms with van der Waals surface area (Å²) < 4.78 is -0.0299. The lowest BCUT2D eigenvalue weighted by atomic mass is 10.2. The predicted octanol–water partition coefficient (Wildman–Crippen LogP) is 2.51. The molecule has 0 aliphatic rings. The van der Waals surface area contributed by atoms with Gasteiger partial charge in [-0.05, 0) is 38.1 Å². The molecule has 0 atom stereocenters. The highest BCUT2D eigenvalue weighted by Gasteiger charge is 2.09. The number of benzene rings is 1. The fraction of sp³-hybridized carbons (Fsp3) is 0.400. The van der Waals surface area contributed by atoms with Crippen LogP contribution in [-0.2, 0) is 0 Å². The summed E-state index contributed by atoms with van der Waals surface area (Å²) in [5, 5.41) is 12.3. The summed E-state index contributed by atoms with van der Waals surface area (Å²) in [7, 11) is 0. The topological polar surface area (TPSA) is 32.3 Å². The molecule has 1 aromatic carbocycles. The first kappa shape index (κ1) is 10.3. The molecular weight excluding hydrogens is 182 g/mol. The Labute approximate surface area is 84.4 Å². The lowest BCUT2D eigenvalue weighted by Crippen LogP contribution is -2.23. The van der Waals surface area contributed by atoms with Gasteiger partial charge in [0.25, 0.3) is 0 Å². The lowest BCUT2D eigenvalue weighted by Gasteiger charge is -2.18. The standard InChI is InChI=1S/C10H15NOS/c1-10(2,13)7-11-8-3-5-9(12)6-4-8/h3-6,11-13H,7H2,1-2H3. The lowest BCUT2D eigenvalue weighted by molar-refractivity contribution is 0.475. The number of hydrogen-bond acceptors (Lipinski definition) is 3. The van der Waals surface area contributed by atoms with E-state index in [1.165, 1.54) is 0 Å². The molecule has 0 aliphatic heterocycles. The van der Waals surface area contributed by atoms with Gasteiger partial charge in [-0.25, -0.2) is 0 Å². The van der Waals surface area contributed by atoms with Gasteiger partial charge in [-0.3, -0.25) is 0 Å². The molecule has 0 fully saturated rings. The number of phenolic OH excluding ortho intramolecular Hbond substituents is 1. The molecule has 0 saturated carbocycles. The van der Waals surface area contributed by atoms with Gasteiger partial charge in [-0.1, -0.05) is 0 Å². The van der Waals surface area contributed by atoms with Gasteiger partial charge in [0.15, 0.2) is 0 Å². The first-order valence-corrected chi connectivity index (χ1v) is 4.67. The van der Waals surface area contributed by atoms with E-state index in [0.29, 0.717) is 0 Å². The average molecular weight is 197 g/mol. The predicted molar refractivity (Wildman–Crippen MR) is 59.7 cm³/mol. The van der Waals surface area contributed by atoms with Crippen LogP contribution in [0.15, 0.2) is 24.3 Å². The van der Waals surface area contributed by atoms with Crippen molar-refractivity contribution in [2.45, 2.75) is 18.6 Å². The van der Waals surface area contributed by atoms with Crippen LogP contribution < -0.4 is 5.32 Å². The third-order valence-electron chi connectivity index (χ3n) is 1.59. The van der Waals surface area contributed by atoms with Gasteiger partial charge in [0, 0.05) is 17.0 Å². The van der Waals surface area contributed by atoms with E-state index in [0.717, 1.165) is 12.2 Å². The van der Waals surface area contributed by atoms with Crippen molar-refractivity contribution in [2.75, 3.05) is 11.9 Å². The normalized spacial score (nSPS) is 11.3. The van der Waals surface area contributed by atoms with Crippen molar-refractivity contribution in [3.8, 4) is 5.75 Å². The van der Waals surface area contributed by atoms with E-state index >= 15 is 0 Å². The Kier molecular flexibility index (Phi) is 3.09. The van der Waals surface area contributed by atoms with Gasteiger partial charge in [0.2, 0.25) is 0 Å². The molecule has 72 valence electrons. The van der Waals surface area contributed by atoms with Crippen molar-refractivity contribution < 1.29 is 5.11 Å². The molecule has 0 unspecified atom stereocenters. The molecule has 0 bridgehead atoms. The van der Waals surface area contributed by atoms with E-state index in [-0.39, 0.29) is 10.5 Å². The van der Waals surface area contributed by atoms with Crippen molar-refractivity contribution >= 4 is 18.3 Å². The zero-order valence-electron chi connectivity index (χ0n) is 7.91. The van der Waals surface area contributed by atoms with Crippen LogP contribution in [0.5, 0.6) is 5.75 Å². The zero-order chi connectivity index (χ0) is 9.90. The Bertz CT molecular complexity index is 263. The fourth-order valence-corrected chi connectivity index (χ4v) is 0.977. The summed E-state index contributed by atoms with van der Waals surface area (Å²) >= 11 is 4.39. The van der Waals surface area contributed by atoms with E-state index in [1.54, 1.807) is 12.1 Å². The monoisotopic (exact) mass is 197 g/mol. The Hall–Kier alpha value is -0.830. The van der Waals surface area contributed by atoms with Gasteiger partial charge in [-0.15, -0.1) is 0 Å². The zero-order valence-corrected chi connectivity index (χ0v) is 8.81. The quantitative estimate of drug-likeness (QED) is 0.514. The summed E-state index contributed by atoms with van der Waals surface area (Å²) in [5.41, 5.74) is 1.000. The highest BCUT2D eigenvalue weighted by molar-refractivity contribution is 7.81. The first-order chi connectivity index (χ1) is 5.97. The van der Waals surface area contributed by atoms with Gasteiger partial charge in [0.1, 0.15) is 5.75 Å². The molecule has 2 N–H and O–H groups in total. The fourth-order valence-electron chi connectivity index (χ4n) is 0.898. The number of hydrogen-bond donors (Lipinski definition) is 3. The molecule has 3 heteroatoms. The SMILES string of the molecule is CC(C)(S)CNc1ccc(O)cc1. The Balaban J connectivity index is 2.51. The molecule has 1 rings (SSSR count). The largest absolute Gasteiger partial charge is 0.508 e. The van der Waals surface area contributed by atoms with E-state index in [9.17, 15) is 0 Å². The minimum Gasteiger partial charge on any atom is -0.508 e. The van der Waals surface area contributed by atoms with Crippen LogP contribution in [0.1, 0.15) is 13.8 Å². The second-order valence-corrected chi connectivity index (χ2v) is 4.92. The van der Waals surface area contributed by atoms with Crippen molar-refractivity contribution in [3.05, 3.63) is 24.3 Å². The maximum Gasteiger partial charge on any atom is 0.115 e. The van der Waals surface area contributed by atoms with Gasteiger partial charge in [-0.2, -0.15) is 12.6 Å². The Morgan fingerprint density at radius 1 is 1.31 bits per heavy atom. The number of rotatable bonds is 3. The molecule has 0 amide bonds. The molecule has 0 spiro atoms. The Morgan fingerprint density at radius 3 is 2.31 bits per heavy atom. The van der Waals surface area contributed by atoms with E-state index < -0.39 is 0 Å².